The van der Waals surface area contributed by atoms with E-state index in [1.165, 1.54) is 15.5 Å². The second kappa shape index (κ2) is 9.20. The van der Waals surface area contributed by atoms with Gasteiger partial charge in [0.1, 0.15) is 0 Å². The lowest BCUT2D eigenvalue weighted by Gasteiger charge is -2.33. The van der Waals surface area contributed by atoms with Crippen LogP contribution in [0.2, 0.25) is 10.0 Å². The maximum absolute atomic E-state index is 6.33. The molecule has 1 aliphatic heterocycles. The van der Waals surface area contributed by atoms with Gasteiger partial charge in [0.2, 0.25) is 0 Å². The maximum atomic E-state index is 6.33. The minimum Gasteiger partial charge on any atom is -0.364 e. The van der Waals surface area contributed by atoms with Crippen LogP contribution in [0.15, 0.2) is 52.3 Å². The van der Waals surface area contributed by atoms with Gasteiger partial charge < -0.3 is 9.80 Å². The zero-order valence-corrected chi connectivity index (χ0v) is 17.4. The molecule has 0 N–H and O–H groups in total. The lowest BCUT2D eigenvalue weighted by molar-refractivity contribution is 0.414. The molecule has 0 fully saturated rings. The fourth-order valence-corrected chi connectivity index (χ4v) is 4.24. The molecule has 6 heteroatoms. The molecule has 1 aliphatic rings. The van der Waals surface area contributed by atoms with Gasteiger partial charge in [-0.3, -0.25) is 0 Å². The fraction of sp³-hybridized carbons (Fsp3) is 0.263. The van der Waals surface area contributed by atoms with Crippen molar-refractivity contribution < 1.29 is 0 Å². The number of hydrogen-bond donors (Lipinski definition) is 0. The van der Waals surface area contributed by atoms with Crippen molar-refractivity contribution in [3.63, 3.8) is 0 Å². The Kier molecular flexibility index (Phi) is 7.53. The number of hydrogen-bond acceptors (Lipinski definition) is 3. The standard InChI is InChI=1S/C19H20Cl2N2S.ClH/c1-22(2)9-10-23-13-16(24-19-6-4-3-5-18(19)23)11-14-7-8-15(20)12-17(14)21;/h3-8,11-12H,9-10,13H2,1-2H3;1H/b16-11-;. The molecule has 2 aromatic rings. The van der Waals surface area contributed by atoms with Crippen LogP contribution in [0.5, 0.6) is 0 Å². The quantitative estimate of drug-likeness (QED) is 0.611. The Morgan fingerprint density at radius 2 is 1.92 bits per heavy atom. The first kappa shape index (κ1) is 20.5. The Morgan fingerprint density at radius 3 is 2.64 bits per heavy atom. The van der Waals surface area contributed by atoms with Crippen molar-refractivity contribution in [2.24, 2.45) is 0 Å². The Bertz CT molecular complexity index is 762. The summed E-state index contributed by atoms with van der Waals surface area (Å²) in [5.41, 5.74) is 2.32. The molecule has 1 heterocycles. The van der Waals surface area contributed by atoms with Crippen LogP contribution in [0, 0.1) is 0 Å². The zero-order chi connectivity index (χ0) is 17.1. The highest BCUT2D eigenvalue weighted by Crippen LogP contribution is 2.41. The van der Waals surface area contributed by atoms with E-state index >= 15 is 0 Å². The maximum Gasteiger partial charge on any atom is 0.0511 e. The van der Waals surface area contributed by atoms with Gasteiger partial charge in [0.15, 0.2) is 0 Å². The van der Waals surface area contributed by atoms with E-state index < -0.39 is 0 Å². The molecule has 0 unspecified atom stereocenters. The van der Waals surface area contributed by atoms with Crippen LogP contribution in [0.4, 0.5) is 5.69 Å². The van der Waals surface area contributed by atoms with Crippen molar-refractivity contribution in [3.05, 3.63) is 63.0 Å². The average Bonchev–Trinajstić information content (AvgIpc) is 2.55. The summed E-state index contributed by atoms with van der Waals surface area (Å²) in [7, 11) is 4.21. The Balaban J connectivity index is 0.00000225. The Hall–Kier alpha value is -0.840. The topological polar surface area (TPSA) is 6.48 Å². The van der Waals surface area contributed by atoms with E-state index in [0.717, 1.165) is 25.2 Å². The molecule has 2 nitrogen and oxygen atoms in total. The summed E-state index contributed by atoms with van der Waals surface area (Å²) in [6.45, 7) is 2.92. The summed E-state index contributed by atoms with van der Waals surface area (Å²) in [5.74, 6) is 0. The van der Waals surface area contributed by atoms with E-state index in [1.54, 1.807) is 6.07 Å². The molecule has 0 saturated carbocycles. The SMILES string of the molecule is CN(C)CCN1C/C(=C/c2ccc(Cl)cc2Cl)Sc2ccccc21.Cl. The van der Waals surface area contributed by atoms with Crippen LogP contribution in [-0.2, 0) is 0 Å². The fourth-order valence-electron chi connectivity index (χ4n) is 2.64. The third kappa shape index (κ3) is 5.32. The van der Waals surface area contributed by atoms with E-state index in [4.69, 9.17) is 23.2 Å². The largest absolute Gasteiger partial charge is 0.364 e. The molecule has 134 valence electrons. The van der Waals surface area contributed by atoms with Gasteiger partial charge in [-0.2, -0.15) is 0 Å². The van der Waals surface area contributed by atoms with Gasteiger partial charge in [-0.25, -0.2) is 0 Å². The van der Waals surface area contributed by atoms with Crippen molar-refractivity contribution in [2.75, 3.05) is 38.6 Å². The number of nitrogens with zero attached hydrogens (tertiary/aromatic N) is 2. The number of para-hydroxylation sites is 1. The van der Waals surface area contributed by atoms with E-state index in [1.807, 2.05) is 23.9 Å². The van der Waals surface area contributed by atoms with Crippen molar-refractivity contribution in [2.45, 2.75) is 4.90 Å². The molecule has 0 amide bonds. The molecular formula is C19H21Cl3N2S. The Labute approximate surface area is 170 Å². The molecule has 25 heavy (non-hydrogen) atoms. The third-order valence-corrected chi connectivity index (χ3v) is 5.53. The number of halogens is 3. The van der Waals surface area contributed by atoms with Crippen LogP contribution in [-0.4, -0.2) is 38.6 Å². The van der Waals surface area contributed by atoms with E-state index in [9.17, 15) is 0 Å². The van der Waals surface area contributed by atoms with Gasteiger partial charge in [-0.05, 0) is 50.0 Å². The Morgan fingerprint density at radius 1 is 1.16 bits per heavy atom. The van der Waals surface area contributed by atoms with Gasteiger partial charge in [-0.15, -0.1) is 12.4 Å². The second-order valence-electron chi connectivity index (χ2n) is 6.07. The molecule has 0 spiro atoms. The molecule has 0 aliphatic carbocycles. The smallest absolute Gasteiger partial charge is 0.0511 e. The average molecular weight is 416 g/mol. The third-order valence-electron chi connectivity index (χ3n) is 3.89. The van der Waals surface area contributed by atoms with Crippen molar-refractivity contribution >= 4 is 59.1 Å². The van der Waals surface area contributed by atoms with Crippen LogP contribution < -0.4 is 4.90 Å². The van der Waals surface area contributed by atoms with E-state index in [2.05, 4.69) is 54.2 Å². The van der Waals surface area contributed by atoms with Gasteiger partial charge in [-0.1, -0.05) is 53.2 Å². The zero-order valence-electron chi connectivity index (χ0n) is 14.2. The molecule has 2 aromatic carbocycles. The van der Waals surface area contributed by atoms with Crippen LogP contribution in [0.1, 0.15) is 5.56 Å². The number of rotatable bonds is 4. The van der Waals surface area contributed by atoms with Gasteiger partial charge in [0.25, 0.3) is 0 Å². The van der Waals surface area contributed by atoms with Gasteiger partial charge in [0, 0.05) is 39.5 Å². The molecule has 3 rings (SSSR count). The van der Waals surface area contributed by atoms with Crippen molar-refractivity contribution in [1.82, 2.24) is 4.90 Å². The summed E-state index contributed by atoms with van der Waals surface area (Å²) in [6, 6.07) is 14.2. The molecule has 0 saturated heterocycles. The van der Waals surface area contributed by atoms with Crippen molar-refractivity contribution in [1.29, 1.82) is 0 Å². The number of thioether (sulfide) groups is 1. The predicted octanol–water partition coefficient (Wildman–Crippen LogP) is 5.93. The predicted molar refractivity (Wildman–Crippen MR) is 115 cm³/mol. The summed E-state index contributed by atoms with van der Waals surface area (Å²) >= 11 is 14.1. The first-order valence-corrected chi connectivity index (χ1v) is 9.42. The molecule has 0 radical (unpaired) electrons. The summed E-state index contributed by atoms with van der Waals surface area (Å²) in [6.07, 6.45) is 2.17. The molecule has 0 aromatic heterocycles. The normalized spacial score (nSPS) is 15.2. The summed E-state index contributed by atoms with van der Waals surface area (Å²) < 4.78 is 0. The van der Waals surface area contributed by atoms with Crippen LogP contribution in [0.3, 0.4) is 0 Å². The van der Waals surface area contributed by atoms with Crippen molar-refractivity contribution in [3.8, 4) is 0 Å². The lowest BCUT2D eigenvalue weighted by atomic mass is 10.2. The highest BCUT2D eigenvalue weighted by Gasteiger charge is 2.20. The minimum absolute atomic E-state index is 0. The monoisotopic (exact) mass is 414 g/mol. The number of fused-ring (bicyclic) bond motifs is 1. The lowest BCUT2D eigenvalue weighted by Crippen LogP contribution is -2.34. The van der Waals surface area contributed by atoms with Crippen LogP contribution in [0.25, 0.3) is 6.08 Å². The molecule has 0 atom stereocenters. The van der Waals surface area contributed by atoms with E-state index in [-0.39, 0.29) is 12.4 Å². The second-order valence-corrected chi connectivity index (χ2v) is 8.08. The summed E-state index contributed by atoms with van der Waals surface area (Å²) in [5, 5.41) is 1.35. The van der Waals surface area contributed by atoms with Gasteiger partial charge in [0.05, 0.1) is 5.69 Å². The highest BCUT2D eigenvalue weighted by atomic mass is 35.5. The number of benzene rings is 2. The summed E-state index contributed by atoms with van der Waals surface area (Å²) in [4.78, 5) is 7.22. The first-order chi connectivity index (χ1) is 11.5. The highest BCUT2D eigenvalue weighted by molar-refractivity contribution is 8.03. The van der Waals surface area contributed by atoms with E-state index in [0.29, 0.717) is 10.0 Å². The number of likely N-dealkylation sites (N-methyl/N-ethyl adjacent to an activating group) is 1. The molecule has 0 bridgehead atoms. The number of anilines is 1. The van der Waals surface area contributed by atoms with Crippen LogP contribution >= 0.6 is 47.4 Å². The molecular weight excluding hydrogens is 395 g/mol. The van der Waals surface area contributed by atoms with Gasteiger partial charge >= 0.3 is 0 Å². The minimum atomic E-state index is 0. The first-order valence-electron chi connectivity index (χ1n) is 7.85.